The normalized spacial score (nSPS) is 31.0. The van der Waals surface area contributed by atoms with E-state index in [9.17, 15) is 4.79 Å². The Morgan fingerprint density at radius 2 is 2.13 bits per heavy atom. The van der Waals surface area contributed by atoms with E-state index < -0.39 is 0 Å². The number of amides is 1. The molecule has 1 aromatic carbocycles. The molecule has 124 valence electrons. The van der Waals surface area contributed by atoms with Gasteiger partial charge in [0, 0.05) is 41.7 Å². The molecule has 4 rings (SSSR count). The Hall–Kier alpha value is -1.000. The quantitative estimate of drug-likeness (QED) is 0.828. The van der Waals surface area contributed by atoms with Crippen LogP contribution in [0.15, 0.2) is 24.3 Å². The molecule has 2 heterocycles. The molecule has 23 heavy (non-hydrogen) atoms. The van der Waals surface area contributed by atoms with Crippen molar-refractivity contribution in [3.05, 3.63) is 35.4 Å². The topological polar surface area (TPSA) is 29.5 Å². The second kappa shape index (κ2) is 6.86. The molecule has 1 aromatic rings. The number of hydrogen-bond acceptors (Lipinski definition) is 3. The summed E-state index contributed by atoms with van der Waals surface area (Å²) in [5.74, 6) is 1.79. The Kier molecular flexibility index (Phi) is 4.63. The summed E-state index contributed by atoms with van der Waals surface area (Å²) in [4.78, 5) is 15.3. The van der Waals surface area contributed by atoms with Crippen LogP contribution in [-0.4, -0.2) is 47.6 Å². The van der Waals surface area contributed by atoms with Gasteiger partial charge in [-0.15, -0.1) is 0 Å². The SMILES string of the molecule is O=C(c1cccc(C2CCOC2)c1)N1CCSC2CCCCC21. The molecule has 0 aromatic heterocycles. The number of carbonyl (C=O) groups is 1. The molecule has 0 spiro atoms. The van der Waals surface area contributed by atoms with E-state index in [4.69, 9.17) is 4.74 Å². The third-order valence-corrected chi connectivity index (χ3v) is 6.92. The number of carbonyl (C=O) groups excluding carboxylic acids is 1. The summed E-state index contributed by atoms with van der Waals surface area (Å²) in [6, 6.07) is 8.74. The van der Waals surface area contributed by atoms with Crippen LogP contribution in [0.2, 0.25) is 0 Å². The lowest BCUT2D eigenvalue weighted by Crippen LogP contribution is -2.51. The highest BCUT2D eigenvalue weighted by Crippen LogP contribution is 2.36. The lowest BCUT2D eigenvalue weighted by atomic mass is 9.92. The molecule has 2 saturated heterocycles. The minimum Gasteiger partial charge on any atom is -0.381 e. The van der Waals surface area contributed by atoms with Gasteiger partial charge in [0.05, 0.1) is 6.61 Å². The van der Waals surface area contributed by atoms with Crippen LogP contribution in [0.1, 0.15) is 53.9 Å². The van der Waals surface area contributed by atoms with Crippen molar-refractivity contribution < 1.29 is 9.53 Å². The summed E-state index contributed by atoms with van der Waals surface area (Å²) in [7, 11) is 0. The van der Waals surface area contributed by atoms with Crippen molar-refractivity contribution in [3.63, 3.8) is 0 Å². The largest absolute Gasteiger partial charge is 0.381 e. The molecule has 0 N–H and O–H groups in total. The molecule has 2 aliphatic heterocycles. The van der Waals surface area contributed by atoms with Gasteiger partial charge in [-0.25, -0.2) is 0 Å². The van der Waals surface area contributed by atoms with Gasteiger partial charge in [0.25, 0.3) is 5.91 Å². The molecule has 4 heteroatoms. The zero-order valence-electron chi connectivity index (χ0n) is 13.6. The van der Waals surface area contributed by atoms with Crippen molar-refractivity contribution in [1.29, 1.82) is 0 Å². The summed E-state index contributed by atoms with van der Waals surface area (Å²) in [6.45, 7) is 2.54. The van der Waals surface area contributed by atoms with Crippen LogP contribution in [0.5, 0.6) is 0 Å². The van der Waals surface area contributed by atoms with Gasteiger partial charge in [-0.1, -0.05) is 25.0 Å². The number of fused-ring (bicyclic) bond motifs is 1. The van der Waals surface area contributed by atoms with Crippen LogP contribution in [0.3, 0.4) is 0 Å². The number of thioether (sulfide) groups is 1. The van der Waals surface area contributed by atoms with E-state index in [2.05, 4.69) is 28.8 Å². The number of hydrogen-bond donors (Lipinski definition) is 0. The Balaban J connectivity index is 1.54. The number of ether oxygens (including phenoxy) is 1. The number of nitrogens with zero attached hydrogens (tertiary/aromatic N) is 1. The number of rotatable bonds is 2. The molecular weight excluding hydrogens is 306 g/mol. The van der Waals surface area contributed by atoms with Crippen molar-refractivity contribution in [3.8, 4) is 0 Å². The minimum absolute atomic E-state index is 0.239. The van der Waals surface area contributed by atoms with Crippen LogP contribution in [0.4, 0.5) is 0 Å². The molecule has 1 aliphatic carbocycles. The van der Waals surface area contributed by atoms with Crippen LogP contribution in [0.25, 0.3) is 0 Å². The van der Waals surface area contributed by atoms with Gasteiger partial charge < -0.3 is 9.64 Å². The van der Waals surface area contributed by atoms with Gasteiger partial charge in [0.2, 0.25) is 0 Å². The van der Waals surface area contributed by atoms with Gasteiger partial charge >= 0.3 is 0 Å². The highest BCUT2D eigenvalue weighted by molar-refractivity contribution is 8.00. The smallest absolute Gasteiger partial charge is 0.254 e. The van der Waals surface area contributed by atoms with Gasteiger partial charge in [0.15, 0.2) is 0 Å². The number of benzene rings is 1. The third kappa shape index (κ3) is 3.16. The molecule has 3 unspecified atom stereocenters. The molecule has 3 nitrogen and oxygen atoms in total. The Morgan fingerprint density at radius 1 is 1.22 bits per heavy atom. The average Bonchev–Trinajstić information content (AvgIpc) is 3.15. The van der Waals surface area contributed by atoms with E-state index in [0.29, 0.717) is 17.2 Å². The van der Waals surface area contributed by atoms with Gasteiger partial charge in [-0.3, -0.25) is 4.79 Å². The summed E-state index contributed by atoms with van der Waals surface area (Å²) in [5.41, 5.74) is 2.13. The maximum absolute atomic E-state index is 13.1. The fraction of sp³-hybridized carbons (Fsp3) is 0.632. The molecule has 0 radical (unpaired) electrons. The van der Waals surface area contributed by atoms with E-state index in [1.54, 1.807) is 0 Å². The Labute approximate surface area is 142 Å². The summed E-state index contributed by atoms with van der Waals surface area (Å²) in [6.07, 6.45) is 6.12. The second-order valence-corrected chi connectivity index (χ2v) is 8.29. The van der Waals surface area contributed by atoms with Gasteiger partial charge in [-0.2, -0.15) is 11.8 Å². The van der Waals surface area contributed by atoms with E-state index in [1.807, 2.05) is 12.1 Å². The highest BCUT2D eigenvalue weighted by Gasteiger charge is 2.36. The molecule has 3 fully saturated rings. The monoisotopic (exact) mass is 331 g/mol. The predicted molar refractivity (Wildman–Crippen MR) is 94.2 cm³/mol. The van der Waals surface area contributed by atoms with Crippen LogP contribution < -0.4 is 0 Å². The zero-order chi connectivity index (χ0) is 15.6. The maximum Gasteiger partial charge on any atom is 0.254 e. The van der Waals surface area contributed by atoms with Gasteiger partial charge in [-0.05, 0) is 37.0 Å². The van der Waals surface area contributed by atoms with Crippen molar-refractivity contribution in [2.45, 2.75) is 49.3 Å². The first-order valence-electron chi connectivity index (χ1n) is 8.93. The molecule has 1 amide bonds. The molecular formula is C19H25NO2S. The summed E-state index contributed by atoms with van der Waals surface area (Å²) in [5, 5.41) is 0.660. The first-order chi connectivity index (χ1) is 11.3. The van der Waals surface area contributed by atoms with Crippen LogP contribution in [-0.2, 0) is 4.74 Å². The Bertz CT molecular complexity index is 568. The maximum atomic E-state index is 13.1. The van der Waals surface area contributed by atoms with E-state index >= 15 is 0 Å². The highest BCUT2D eigenvalue weighted by atomic mass is 32.2. The summed E-state index contributed by atoms with van der Waals surface area (Å²) < 4.78 is 5.50. The van der Waals surface area contributed by atoms with Crippen molar-refractivity contribution in [2.75, 3.05) is 25.5 Å². The first-order valence-corrected chi connectivity index (χ1v) is 9.98. The van der Waals surface area contributed by atoms with Gasteiger partial charge in [0.1, 0.15) is 0 Å². The predicted octanol–water partition coefficient (Wildman–Crippen LogP) is 3.69. The molecule has 1 saturated carbocycles. The second-order valence-electron chi connectivity index (χ2n) is 6.95. The fourth-order valence-electron chi connectivity index (χ4n) is 4.24. The van der Waals surface area contributed by atoms with E-state index in [-0.39, 0.29) is 5.91 Å². The lowest BCUT2D eigenvalue weighted by Gasteiger charge is -2.43. The zero-order valence-corrected chi connectivity index (χ0v) is 14.4. The van der Waals surface area contributed by atoms with Crippen molar-refractivity contribution in [2.24, 2.45) is 0 Å². The third-order valence-electron chi connectivity index (χ3n) is 5.53. The molecule has 3 atom stereocenters. The Morgan fingerprint density at radius 3 is 3.00 bits per heavy atom. The minimum atomic E-state index is 0.239. The molecule has 3 aliphatic rings. The van der Waals surface area contributed by atoms with Crippen molar-refractivity contribution in [1.82, 2.24) is 4.90 Å². The average molecular weight is 331 g/mol. The lowest BCUT2D eigenvalue weighted by molar-refractivity contribution is 0.0646. The first kappa shape index (κ1) is 15.5. The van der Waals surface area contributed by atoms with Crippen molar-refractivity contribution >= 4 is 17.7 Å². The van der Waals surface area contributed by atoms with Crippen LogP contribution >= 0.6 is 11.8 Å². The fourth-order valence-corrected chi connectivity index (χ4v) is 5.68. The standard InChI is InChI=1S/C19H25NO2S/c21-19(20-9-11-23-18-7-2-1-6-17(18)20)15-5-3-4-14(12-15)16-8-10-22-13-16/h3-5,12,16-18H,1-2,6-11,13H2. The van der Waals surface area contributed by atoms with E-state index in [0.717, 1.165) is 37.5 Å². The summed E-state index contributed by atoms with van der Waals surface area (Å²) >= 11 is 2.08. The molecule has 0 bridgehead atoms. The van der Waals surface area contributed by atoms with Crippen LogP contribution in [0, 0.1) is 0 Å². The van der Waals surface area contributed by atoms with E-state index in [1.165, 1.54) is 31.2 Å².